The van der Waals surface area contributed by atoms with E-state index in [0.29, 0.717) is 10.7 Å². The van der Waals surface area contributed by atoms with E-state index < -0.39 is 11.8 Å². The van der Waals surface area contributed by atoms with Crippen molar-refractivity contribution in [1.29, 1.82) is 0 Å². The first-order valence-corrected chi connectivity index (χ1v) is 6.49. The largest absolute Gasteiger partial charge is 0.478 e. The fourth-order valence-corrected chi connectivity index (χ4v) is 2.32. The number of nitrogens with zero attached hydrogens (tertiary/aromatic N) is 2. The van der Waals surface area contributed by atoms with Gasteiger partial charge in [-0.3, -0.25) is 0 Å². The number of hydrogen-bond acceptors (Lipinski definition) is 6. The monoisotopic (exact) mass is 294 g/mol. The molecule has 0 spiro atoms. The van der Waals surface area contributed by atoms with Crippen LogP contribution in [0.25, 0.3) is 0 Å². The molecule has 2 aromatic rings. The molecule has 0 bridgehead atoms. The van der Waals surface area contributed by atoms with E-state index in [1.165, 1.54) is 18.2 Å². The third kappa shape index (κ3) is 3.35. The Morgan fingerprint density at radius 3 is 2.45 bits per heavy atom. The van der Waals surface area contributed by atoms with Crippen molar-refractivity contribution in [2.24, 2.45) is 0 Å². The van der Waals surface area contributed by atoms with E-state index in [2.05, 4.69) is 9.97 Å². The third-order valence-electron chi connectivity index (χ3n) is 2.40. The van der Waals surface area contributed by atoms with Gasteiger partial charge in [0.25, 0.3) is 0 Å². The van der Waals surface area contributed by atoms with E-state index in [4.69, 9.17) is 16.6 Å². The lowest BCUT2D eigenvalue weighted by molar-refractivity contribution is 0.0696. The molecule has 0 unspecified atom stereocenters. The van der Waals surface area contributed by atoms with E-state index in [-0.39, 0.29) is 23.0 Å². The normalized spacial score (nSPS) is 10.4. The Hall–Kier alpha value is -2.35. The predicted octanol–water partition coefficient (Wildman–Crippen LogP) is 1.77. The van der Waals surface area contributed by atoms with Gasteiger partial charge in [-0.05, 0) is 17.7 Å². The average Bonchev–Trinajstić information content (AvgIpc) is 2.36. The Morgan fingerprint density at radius 2 is 1.90 bits per heavy atom. The summed E-state index contributed by atoms with van der Waals surface area (Å²) in [5, 5.41) is 9.09. The van der Waals surface area contributed by atoms with Crippen LogP contribution in [0, 0.1) is 5.82 Å². The van der Waals surface area contributed by atoms with Crippen molar-refractivity contribution in [2.75, 3.05) is 11.5 Å². The quantitative estimate of drug-likeness (QED) is 0.581. The molecule has 1 heterocycles. The van der Waals surface area contributed by atoms with Crippen molar-refractivity contribution >= 4 is 29.4 Å². The summed E-state index contributed by atoms with van der Waals surface area (Å²) in [5.74, 6) is -1.04. The second-order valence-electron chi connectivity index (χ2n) is 3.90. The Labute approximate surface area is 118 Å². The minimum absolute atomic E-state index is 0.0966. The third-order valence-corrected chi connectivity index (χ3v) is 3.30. The molecule has 1 aromatic heterocycles. The number of carboxylic acids is 1. The first-order chi connectivity index (χ1) is 9.45. The van der Waals surface area contributed by atoms with Crippen molar-refractivity contribution in [3.8, 4) is 0 Å². The summed E-state index contributed by atoms with van der Waals surface area (Å²) in [7, 11) is 0. The molecular formula is C12H11FN4O2S. The molecule has 0 aliphatic rings. The second kappa shape index (κ2) is 5.74. The van der Waals surface area contributed by atoms with Crippen LogP contribution in [0.3, 0.4) is 0 Å². The highest BCUT2D eigenvalue weighted by Crippen LogP contribution is 2.23. The number of aromatic nitrogens is 2. The number of nitrogen functional groups attached to an aromatic ring is 2. The van der Waals surface area contributed by atoms with Gasteiger partial charge in [-0.2, -0.15) is 0 Å². The number of nitrogens with two attached hydrogens (primary N) is 2. The molecule has 0 radical (unpaired) electrons. The zero-order valence-electron chi connectivity index (χ0n) is 10.2. The lowest BCUT2D eigenvalue weighted by atomic mass is 10.1. The summed E-state index contributed by atoms with van der Waals surface area (Å²) >= 11 is 1.16. The molecule has 5 N–H and O–H groups in total. The number of rotatable bonds is 4. The van der Waals surface area contributed by atoms with E-state index >= 15 is 0 Å². The first kappa shape index (κ1) is 14.1. The summed E-state index contributed by atoms with van der Waals surface area (Å²) in [4.78, 5) is 18.6. The number of halogens is 1. The molecule has 1 aromatic carbocycles. The van der Waals surface area contributed by atoms with Crippen molar-refractivity contribution in [2.45, 2.75) is 10.9 Å². The van der Waals surface area contributed by atoms with Gasteiger partial charge in [-0.25, -0.2) is 19.2 Å². The van der Waals surface area contributed by atoms with Gasteiger partial charge in [0.2, 0.25) is 0 Å². The molecule has 0 atom stereocenters. The zero-order chi connectivity index (χ0) is 14.7. The molecule has 0 aliphatic carbocycles. The van der Waals surface area contributed by atoms with Gasteiger partial charge in [0.15, 0.2) is 5.16 Å². The van der Waals surface area contributed by atoms with Gasteiger partial charge in [-0.1, -0.05) is 17.8 Å². The van der Waals surface area contributed by atoms with Crippen molar-refractivity contribution in [1.82, 2.24) is 9.97 Å². The van der Waals surface area contributed by atoms with Gasteiger partial charge < -0.3 is 16.6 Å². The number of carboxylic acid groups (broad SMARTS) is 1. The fraction of sp³-hybridized carbons (Fsp3) is 0.0833. The van der Waals surface area contributed by atoms with Crippen LogP contribution in [-0.2, 0) is 5.75 Å². The van der Waals surface area contributed by atoms with Crippen LogP contribution in [0.1, 0.15) is 15.9 Å². The summed E-state index contributed by atoms with van der Waals surface area (Å²) in [6.45, 7) is 0. The maximum atomic E-state index is 13.7. The molecule has 8 heteroatoms. The van der Waals surface area contributed by atoms with Crippen molar-refractivity contribution in [3.63, 3.8) is 0 Å². The topological polar surface area (TPSA) is 115 Å². The summed E-state index contributed by atoms with van der Waals surface area (Å²) in [5.41, 5.74) is 11.3. The molecule has 6 nitrogen and oxygen atoms in total. The first-order valence-electron chi connectivity index (χ1n) is 5.50. The zero-order valence-corrected chi connectivity index (χ0v) is 11.0. The van der Waals surface area contributed by atoms with Gasteiger partial charge in [0, 0.05) is 11.8 Å². The number of anilines is 2. The summed E-state index contributed by atoms with van der Waals surface area (Å²) < 4.78 is 13.7. The standard InChI is InChI=1S/C12H11FN4O2S/c13-8-3-6(11(18)19)1-2-7(8)5-20-12-16-9(14)4-10(15)17-12/h1-4H,5H2,(H,18,19)(H4,14,15,16,17). The molecule has 0 aliphatic heterocycles. The maximum Gasteiger partial charge on any atom is 0.335 e. The van der Waals surface area contributed by atoms with Gasteiger partial charge in [0.05, 0.1) is 5.56 Å². The smallest absolute Gasteiger partial charge is 0.335 e. The van der Waals surface area contributed by atoms with Gasteiger partial charge in [-0.15, -0.1) is 0 Å². The number of benzene rings is 1. The molecule has 0 saturated heterocycles. The Morgan fingerprint density at radius 1 is 1.25 bits per heavy atom. The molecule has 0 saturated carbocycles. The highest BCUT2D eigenvalue weighted by Gasteiger charge is 2.10. The molecule has 20 heavy (non-hydrogen) atoms. The van der Waals surface area contributed by atoms with Crippen LogP contribution in [-0.4, -0.2) is 21.0 Å². The van der Waals surface area contributed by atoms with E-state index in [0.717, 1.165) is 17.8 Å². The number of carbonyl (C=O) groups is 1. The molecule has 2 rings (SSSR count). The fourth-order valence-electron chi connectivity index (χ4n) is 1.47. The van der Waals surface area contributed by atoms with E-state index in [1.54, 1.807) is 0 Å². The Balaban J connectivity index is 2.12. The molecule has 104 valence electrons. The van der Waals surface area contributed by atoms with Crippen LogP contribution in [0.15, 0.2) is 29.4 Å². The molecule has 0 fully saturated rings. The lowest BCUT2D eigenvalue weighted by Gasteiger charge is -2.05. The van der Waals surface area contributed by atoms with E-state index in [9.17, 15) is 9.18 Å². The van der Waals surface area contributed by atoms with Crippen molar-refractivity contribution in [3.05, 3.63) is 41.2 Å². The predicted molar refractivity (Wildman–Crippen MR) is 73.8 cm³/mol. The second-order valence-corrected chi connectivity index (χ2v) is 4.84. The average molecular weight is 294 g/mol. The van der Waals surface area contributed by atoms with Crippen molar-refractivity contribution < 1.29 is 14.3 Å². The van der Waals surface area contributed by atoms with Gasteiger partial charge in [0.1, 0.15) is 17.5 Å². The minimum atomic E-state index is -1.17. The lowest BCUT2D eigenvalue weighted by Crippen LogP contribution is -2.00. The summed E-state index contributed by atoms with van der Waals surface area (Å²) in [6.07, 6.45) is 0. The number of hydrogen-bond donors (Lipinski definition) is 3. The Bertz CT molecular complexity index is 646. The highest BCUT2D eigenvalue weighted by molar-refractivity contribution is 7.98. The molecule has 0 amide bonds. The van der Waals surface area contributed by atoms with Crippen LogP contribution >= 0.6 is 11.8 Å². The number of aromatic carboxylic acids is 1. The van der Waals surface area contributed by atoms with Crippen LogP contribution in [0.2, 0.25) is 0 Å². The maximum absolute atomic E-state index is 13.7. The van der Waals surface area contributed by atoms with Crippen LogP contribution < -0.4 is 11.5 Å². The van der Waals surface area contributed by atoms with E-state index in [1.807, 2.05) is 0 Å². The van der Waals surface area contributed by atoms with Crippen LogP contribution in [0.4, 0.5) is 16.0 Å². The van der Waals surface area contributed by atoms with Crippen LogP contribution in [0.5, 0.6) is 0 Å². The number of thioether (sulfide) groups is 1. The summed E-state index contributed by atoms with van der Waals surface area (Å²) in [6, 6.07) is 5.16. The Kier molecular flexibility index (Phi) is 4.04. The van der Waals surface area contributed by atoms with Gasteiger partial charge >= 0.3 is 5.97 Å². The highest BCUT2D eigenvalue weighted by atomic mass is 32.2. The SMILES string of the molecule is Nc1cc(N)nc(SCc2ccc(C(=O)O)cc2F)n1. The minimum Gasteiger partial charge on any atom is -0.478 e. The molecular weight excluding hydrogens is 283 g/mol.